The molecule has 2 aromatic carbocycles. The van der Waals surface area contributed by atoms with Crippen molar-refractivity contribution in [1.82, 2.24) is 0 Å². The van der Waals surface area contributed by atoms with Gasteiger partial charge in [-0.25, -0.2) is 8.42 Å². The molecule has 0 heterocycles. The summed E-state index contributed by atoms with van der Waals surface area (Å²) in [6.07, 6.45) is 0.974. The highest BCUT2D eigenvalue weighted by Gasteiger charge is 2.21. The average molecular weight is 352 g/mol. The van der Waals surface area contributed by atoms with E-state index in [-0.39, 0.29) is 29.5 Å². The Hall–Kier alpha value is -2.81. The largest absolute Gasteiger partial charge is 0.490 e. The molecule has 0 aliphatic heterocycles. The van der Waals surface area contributed by atoms with E-state index in [4.69, 9.17) is 9.47 Å². The topological polar surface area (TPSA) is 108 Å². The van der Waals surface area contributed by atoms with Gasteiger partial charge in [-0.2, -0.15) is 0 Å². The van der Waals surface area contributed by atoms with Crippen LogP contribution in [0, 0.1) is 10.1 Å². The summed E-state index contributed by atoms with van der Waals surface area (Å²) in [5, 5.41) is 11.1. The van der Waals surface area contributed by atoms with Crippen LogP contribution in [0.3, 0.4) is 0 Å². The quantitative estimate of drug-likeness (QED) is 0.606. The second-order valence-corrected chi connectivity index (χ2v) is 6.67. The molecule has 0 aliphatic carbocycles. The maximum atomic E-state index is 11.5. The van der Waals surface area contributed by atoms with Gasteiger partial charge in [0.05, 0.1) is 30.0 Å². The molecule has 2 aromatic rings. The lowest BCUT2D eigenvalue weighted by Crippen LogP contribution is -2.11. The Balaban J connectivity index is 2.41. The predicted octanol–water partition coefficient (Wildman–Crippen LogP) is 2.55. The van der Waals surface area contributed by atoms with Crippen molar-refractivity contribution in [2.75, 3.05) is 18.1 Å². The maximum Gasteiger partial charge on any atom is 0.314 e. The van der Waals surface area contributed by atoms with Gasteiger partial charge in [-0.15, -0.1) is 0 Å². The highest BCUT2D eigenvalue weighted by Crippen LogP contribution is 2.38. The fourth-order valence-corrected chi connectivity index (χ4v) is 2.55. The number of sulfonamides is 1. The molecular weight excluding hydrogens is 336 g/mol. The third-order valence-corrected chi connectivity index (χ3v) is 3.60. The van der Waals surface area contributed by atoms with Crippen molar-refractivity contribution in [2.45, 2.75) is 6.61 Å². The summed E-state index contributed by atoms with van der Waals surface area (Å²) in [6.45, 7) is 0.128. The Labute approximate surface area is 139 Å². The van der Waals surface area contributed by atoms with E-state index in [0.717, 1.165) is 17.9 Å². The second-order valence-electron chi connectivity index (χ2n) is 4.93. The van der Waals surface area contributed by atoms with Crippen LogP contribution in [-0.4, -0.2) is 26.7 Å². The van der Waals surface area contributed by atoms with Gasteiger partial charge in [0.2, 0.25) is 10.0 Å². The molecule has 0 saturated carbocycles. The third kappa shape index (κ3) is 4.59. The van der Waals surface area contributed by atoms with E-state index in [9.17, 15) is 18.5 Å². The molecule has 2 rings (SSSR count). The minimum Gasteiger partial charge on any atom is -0.490 e. The lowest BCUT2D eigenvalue weighted by molar-refractivity contribution is -0.385. The van der Waals surface area contributed by atoms with Crippen LogP contribution in [0.15, 0.2) is 42.5 Å². The zero-order valence-corrected chi connectivity index (χ0v) is 13.9. The number of nitro groups is 1. The highest BCUT2D eigenvalue weighted by atomic mass is 32.2. The van der Waals surface area contributed by atoms with Crippen molar-refractivity contribution in [2.24, 2.45) is 0 Å². The van der Waals surface area contributed by atoms with Crippen LogP contribution in [0.5, 0.6) is 11.5 Å². The molecule has 0 fully saturated rings. The number of nitro benzene ring substituents is 1. The number of hydrogen-bond donors (Lipinski definition) is 1. The molecule has 1 N–H and O–H groups in total. The van der Waals surface area contributed by atoms with E-state index in [1.165, 1.54) is 13.2 Å². The van der Waals surface area contributed by atoms with E-state index in [1.54, 1.807) is 0 Å². The Kier molecular flexibility index (Phi) is 5.24. The Morgan fingerprint density at radius 2 is 1.83 bits per heavy atom. The van der Waals surface area contributed by atoms with Crippen molar-refractivity contribution in [1.29, 1.82) is 0 Å². The fourth-order valence-electron chi connectivity index (χ4n) is 1.99. The highest BCUT2D eigenvalue weighted by molar-refractivity contribution is 7.92. The maximum absolute atomic E-state index is 11.5. The Morgan fingerprint density at radius 3 is 2.38 bits per heavy atom. The lowest BCUT2D eigenvalue weighted by atomic mass is 10.2. The number of benzene rings is 2. The standard InChI is InChI=1S/C15H16N2O6S/c1-22-15-8-12(16-24(2,20)21)14(9-13(15)17(18)19)23-10-11-6-4-3-5-7-11/h3-9,16H,10H2,1-2H3. The Morgan fingerprint density at radius 1 is 1.17 bits per heavy atom. The summed E-state index contributed by atoms with van der Waals surface area (Å²) < 4.78 is 35.8. The molecule has 0 aliphatic rings. The van der Waals surface area contributed by atoms with Gasteiger partial charge in [-0.3, -0.25) is 14.8 Å². The van der Waals surface area contributed by atoms with Gasteiger partial charge in [0.1, 0.15) is 6.61 Å². The van der Waals surface area contributed by atoms with Gasteiger partial charge < -0.3 is 9.47 Å². The van der Waals surface area contributed by atoms with Crippen molar-refractivity contribution >= 4 is 21.4 Å². The minimum atomic E-state index is -3.60. The van der Waals surface area contributed by atoms with Crippen LogP contribution < -0.4 is 14.2 Å². The molecule has 0 aromatic heterocycles. The lowest BCUT2D eigenvalue weighted by Gasteiger charge is -2.14. The van der Waals surface area contributed by atoms with Crippen LogP contribution >= 0.6 is 0 Å². The van der Waals surface area contributed by atoms with Crippen LogP contribution in [0.2, 0.25) is 0 Å². The van der Waals surface area contributed by atoms with Crippen molar-refractivity contribution in [3.8, 4) is 11.5 Å². The molecule has 9 heteroatoms. The van der Waals surface area contributed by atoms with Crippen LogP contribution in [0.4, 0.5) is 11.4 Å². The number of ether oxygens (including phenoxy) is 2. The first kappa shape index (κ1) is 17.5. The fraction of sp³-hybridized carbons (Fsp3) is 0.200. The van der Waals surface area contributed by atoms with Gasteiger partial charge in [0, 0.05) is 6.07 Å². The summed E-state index contributed by atoms with van der Waals surface area (Å²) >= 11 is 0. The van der Waals surface area contributed by atoms with Gasteiger partial charge in [0.25, 0.3) is 0 Å². The van der Waals surface area contributed by atoms with Gasteiger partial charge in [-0.05, 0) is 5.56 Å². The molecule has 0 bridgehead atoms. The summed E-state index contributed by atoms with van der Waals surface area (Å²) in [5.74, 6) is -0.0324. The normalized spacial score (nSPS) is 10.9. The first-order chi connectivity index (χ1) is 11.3. The molecule has 0 spiro atoms. The smallest absolute Gasteiger partial charge is 0.314 e. The molecule has 8 nitrogen and oxygen atoms in total. The SMILES string of the molecule is COc1cc(NS(C)(=O)=O)c(OCc2ccccc2)cc1[N+](=O)[O-]. The molecule has 128 valence electrons. The number of hydrogen-bond acceptors (Lipinski definition) is 6. The molecule has 0 amide bonds. The summed E-state index contributed by atoms with van der Waals surface area (Å²) in [4.78, 5) is 10.5. The number of anilines is 1. The van der Waals surface area contributed by atoms with E-state index in [0.29, 0.717) is 0 Å². The number of nitrogens with zero attached hydrogens (tertiary/aromatic N) is 1. The van der Waals surface area contributed by atoms with E-state index >= 15 is 0 Å². The molecule has 0 saturated heterocycles. The van der Waals surface area contributed by atoms with Crippen molar-refractivity contribution in [3.05, 3.63) is 58.1 Å². The number of methoxy groups -OCH3 is 1. The van der Waals surface area contributed by atoms with E-state index < -0.39 is 14.9 Å². The zero-order chi connectivity index (χ0) is 17.7. The molecular formula is C15H16N2O6S. The molecule has 0 radical (unpaired) electrons. The molecule has 0 atom stereocenters. The summed E-state index contributed by atoms with van der Waals surface area (Å²) in [7, 11) is -2.34. The van der Waals surface area contributed by atoms with Gasteiger partial charge in [0.15, 0.2) is 11.5 Å². The van der Waals surface area contributed by atoms with Crippen molar-refractivity contribution < 1.29 is 22.8 Å². The predicted molar refractivity (Wildman–Crippen MR) is 88.9 cm³/mol. The monoisotopic (exact) mass is 352 g/mol. The number of rotatable bonds is 7. The first-order valence-electron chi connectivity index (χ1n) is 6.81. The van der Waals surface area contributed by atoms with Crippen LogP contribution in [-0.2, 0) is 16.6 Å². The van der Waals surface area contributed by atoms with E-state index in [2.05, 4.69) is 4.72 Å². The van der Waals surface area contributed by atoms with E-state index in [1.807, 2.05) is 30.3 Å². The summed E-state index contributed by atoms with van der Waals surface area (Å²) in [5.41, 5.74) is 0.580. The average Bonchev–Trinajstić information content (AvgIpc) is 2.52. The summed E-state index contributed by atoms with van der Waals surface area (Å²) in [6, 6.07) is 11.5. The number of nitrogens with one attached hydrogen (secondary N) is 1. The van der Waals surface area contributed by atoms with Gasteiger partial charge >= 0.3 is 5.69 Å². The van der Waals surface area contributed by atoms with Crippen LogP contribution in [0.25, 0.3) is 0 Å². The first-order valence-corrected chi connectivity index (χ1v) is 8.70. The second kappa shape index (κ2) is 7.18. The van der Waals surface area contributed by atoms with Gasteiger partial charge in [-0.1, -0.05) is 30.3 Å². The Bertz CT molecular complexity index is 837. The van der Waals surface area contributed by atoms with Crippen LogP contribution in [0.1, 0.15) is 5.56 Å². The van der Waals surface area contributed by atoms with Crippen molar-refractivity contribution in [3.63, 3.8) is 0 Å². The minimum absolute atomic E-state index is 0.0387. The molecule has 24 heavy (non-hydrogen) atoms. The third-order valence-electron chi connectivity index (χ3n) is 3.01. The molecule has 0 unspecified atom stereocenters. The zero-order valence-electron chi connectivity index (χ0n) is 13.1.